The van der Waals surface area contributed by atoms with Crippen LogP contribution >= 0.6 is 0 Å². The van der Waals surface area contributed by atoms with Crippen LogP contribution in [0.5, 0.6) is 5.88 Å². The summed E-state index contributed by atoms with van der Waals surface area (Å²) in [6.45, 7) is 3.73. The molecule has 0 aliphatic heterocycles. The fourth-order valence-corrected chi connectivity index (χ4v) is 1.46. The molecule has 0 radical (unpaired) electrons. The van der Waals surface area contributed by atoms with Gasteiger partial charge in [-0.2, -0.15) is 4.98 Å². The second-order valence-corrected chi connectivity index (χ2v) is 3.66. The average molecular weight is 224 g/mol. The van der Waals surface area contributed by atoms with Crippen LogP contribution < -0.4 is 15.8 Å². The summed E-state index contributed by atoms with van der Waals surface area (Å²) >= 11 is 0. The Morgan fingerprint density at radius 2 is 2.38 bits per heavy atom. The average Bonchev–Trinajstić information content (AvgIpc) is 2.34. The minimum atomic E-state index is 0.569. The predicted octanol–water partition coefficient (Wildman–Crippen LogP) is 1.27. The summed E-state index contributed by atoms with van der Waals surface area (Å²) in [6.07, 6.45) is 3.81. The van der Waals surface area contributed by atoms with Crippen molar-refractivity contribution in [1.29, 1.82) is 0 Å². The largest absolute Gasteiger partial charge is 0.481 e. The van der Waals surface area contributed by atoms with Gasteiger partial charge in [-0.3, -0.25) is 0 Å². The zero-order chi connectivity index (χ0) is 11.8. The van der Waals surface area contributed by atoms with Crippen molar-refractivity contribution in [3.05, 3.63) is 12.3 Å². The number of hydrogen-bond donors (Lipinski definition) is 2. The van der Waals surface area contributed by atoms with Gasteiger partial charge in [-0.1, -0.05) is 13.3 Å². The monoisotopic (exact) mass is 224 g/mol. The van der Waals surface area contributed by atoms with Crippen molar-refractivity contribution in [1.82, 2.24) is 9.97 Å². The second-order valence-electron chi connectivity index (χ2n) is 3.66. The third-order valence-corrected chi connectivity index (χ3v) is 2.54. The Hall–Kier alpha value is -1.36. The number of ether oxygens (including phenoxy) is 1. The van der Waals surface area contributed by atoms with Crippen molar-refractivity contribution in [2.75, 3.05) is 25.5 Å². The highest BCUT2D eigenvalue weighted by atomic mass is 16.5. The Kier molecular flexibility index (Phi) is 5.56. The van der Waals surface area contributed by atoms with E-state index in [9.17, 15) is 0 Å². The van der Waals surface area contributed by atoms with Crippen LogP contribution in [-0.4, -0.2) is 30.2 Å². The first-order valence-corrected chi connectivity index (χ1v) is 5.61. The lowest BCUT2D eigenvalue weighted by Crippen LogP contribution is -2.18. The van der Waals surface area contributed by atoms with Gasteiger partial charge < -0.3 is 15.8 Å². The molecule has 0 spiro atoms. The fraction of sp³-hybridized carbons (Fsp3) is 0.636. The van der Waals surface area contributed by atoms with Gasteiger partial charge in [0.1, 0.15) is 0 Å². The molecular weight excluding hydrogens is 204 g/mol. The molecule has 5 nitrogen and oxygen atoms in total. The Balaban J connectivity index is 2.46. The molecule has 16 heavy (non-hydrogen) atoms. The number of anilines is 1. The van der Waals surface area contributed by atoms with Gasteiger partial charge in [0.2, 0.25) is 11.8 Å². The van der Waals surface area contributed by atoms with Crippen LogP contribution in [0.1, 0.15) is 19.8 Å². The Labute approximate surface area is 96.4 Å². The van der Waals surface area contributed by atoms with Crippen molar-refractivity contribution < 1.29 is 4.74 Å². The quantitative estimate of drug-likeness (QED) is 0.729. The number of methoxy groups -OCH3 is 1. The lowest BCUT2D eigenvalue weighted by molar-refractivity contribution is 0.397. The number of aromatic nitrogens is 2. The highest BCUT2D eigenvalue weighted by molar-refractivity contribution is 5.27. The Bertz CT molecular complexity index is 306. The van der Waals surface area contributed by atoms with Crippen LogP contribution in [-0.2, 0) is 0 Å². The molecule has 0 saturated carbocycles. The van der Waals surface area contributed by atoms with Crippen molar-refractivity contribution in [3.63, 3.8) is 0 Å². The van der Waals surface area contributed by atoms with Crippen molar-refractivity contribution in [2.24, 2.45) is 11.7 Å². The van der Waals surface area contributed by atoms with Gasteiger partial charge >= 0.3 is 0 Å². The van der Waals surface area contributed by atoms with Gasteiger partial charge in [0.25, 0.3) is 0 Å². The Morgan fingerprint density at radius 1 is 1.56 bits per heavy atom. The molecule has 1 heterocycles. The topological polar surface area (TPSA) is 73.1 Å². The molecule has 0 fully saturated rings. The zero-order valence-electron chi connectivity index (χ0n) is 9.94. The molecule has 0 aromatic carbocycles. The van der Waals surface area contributed by atoms with E-state index in [1.165, 1.54) is 0 Å². The standard InChI is InChI=1S/C11H20N4O/c1-3-9(4-6-12)8-14-11-13-7-5-10(15-11)16-2/h5,7,9H,3-4,6,8,12H2,1-2H3,(H,13,14,15). The van der Waals surface area contributed by atoms with Crippen LogP contribution in [0.25, 0.3) is 0 Å². The molecule has 0 aliphatic rings. The van der Waals surface area contributed by atoms with Crippen molar-refractivity contribution in [3.8, 4) is 5.88 Å². The molecule has 0 amide bonds. The molecule has 5 heteroatoms. The first-order chi connectivity index (χ1) is 7.80. The molecule has 1 aromatic rings. The molecule has 1 rings (SSSR count). The summed E-state index contributed by atoms with van der Waals surface area (Å²) in [7, 11) is 1.59. The first-order valence-electron chi connectivity index (χ1n) is 5.61. The van der Waals surface area contributed by atoms with Crippen molar-refractivity contribution >= 4 is 5.95 Å². The fourth-order valence-electron chi connectivity index (χ4n) is 1.46. The van der Waals surface area contributed by atoms with E-state index in [0.29, 0.717) is 17.7 Å². The van der Waals surface area contributed by atoms with E-state index in [0.717, 1.165) is 25.9 Å². The van der Waals surface area contributed by atoms with E-state index in [2.05, 4.69) is 22.2 Å². The van der Waals surface area contributed by atoms with Gasteiger partial charge in [0.15, 0.2) is 0 Å². The summed E-state index contributed by atoms with van der Waals surface area (Å²) in [5, 5.41) is 3.20. The maximum atomic E-state index is 5.54. The number of rotatable bonds is 7. The molecule has 0 bridgehead atoms. The number of hydrogen-bond acceptors (Lipinski definition) is 5. The molecule has 0 saturated heterocycles. The van der Waals surface area contributed by atoms with Gasteiger partial charge in [0, 0.05) is 18.8 Å². The number of nitrogens with zero attached hydrogens (tertiary/aromatic N) is 2. The van der Waals surface area contributed by atoms with Gasteiger partial charge in [-0.15, -0.1) is 0 Å². The number of nitrogens with two attached hydrogens (primary N) is 1. The van der Waals surface area contributed by atoms with E-state index in [1.54, 1.807) is 19.4 Å². The summed E-state index contributed by atoms with van der Waals surface area (Å²) < 4.78 is 5.02. The van der Waals surface area contributed by atoms with Crippen molar-refractivity contribution in [2.45, 2.75) is 19.8 Å². The SMILES string of the molecule is CCC(CCN)CNc1nccc(OC)n1. The highest BCUT2D eigenvalue weighted by Crippen LogP contribution is 2.10. The van der Waals surface area contributed by atoms with Gasteiger partial charge in [0.05, 0.1) is 7.11 Å². The minimum absolute atomic E-state index is 0.569. The zero-order valence-corrected chi connectivity index (χ0v) is 9.94. The van der Waals surface area contributed by atoms with Crippen LogP contribution in [0, 0.1) is 5.92 Å². The third kappa shape index (κ3) is 4.02. The van der Waals surface area contributed by atoms with E-state index in [1.807, 2.05) is 0 Å². The molecule has 3 N–H and O–H groups in total. The summed E-state index contributed by atoms with van der Waals surface area (Å²) in [5.74, 6) is 1.75. The highest BCUT2D eigenvalue weighted by Gasteiger charge is 2.06. The summed E-state index contributed by atoms with van der Waals surface area (Å²) in [5.41, 5.74) is 5.54. The maximum absolute atomic E-state index is 5.54. The predicted molar refractivity (Wildman–Crippen MR) is 64.5 cm³/mol. The van der Waals surface area contributed by atoms with Crippen LogP contribution in [0.15, 0.2) is 12.3 Å². The molecular formula is C11H20N4O. The minimum Gasteiger partial charge on any atom is -0.481 e. The maximum Gasteiger partial charge on any atom is 0.225 e. The van der Waals surface area contributed by atoms with Crippen LogP contribution in [0.4, 0.5) is 5.95 Å². The Morgan fingerprint density at radius 3 is 3.00 bits per heavy atom. The third-order valence-electron chi connectivity index (χ3n) is 2.54. The lowest BCUT2D eigenvalue weighted by atomic mass is 10.0. The molecule has 1 unspecified atom stereocenters. The molecule has 90 valence electrons. The first kappa shape index (κ1) is 12.7. The van der Waals surface area contributed by atoms with E-state index < -0.39 is 0 Å². The molecule has 1 atom stereocenters. The smallest absolute Gasteiger partial charge is 0.225 e. The second kappa shape index (κ2) is 7.00. The van der Waals surface area contributed by atoms with Gasteiger partial charge in [-0.25, -0.2) is 4.98 Å². The van der Waals surface area contributed by atoms with Crippen LogP contribution in [0.3, 0.4) is 0 Å². The molecule has 0 aliphatic carbocycles. The van der Waals surface area contributed by atoms with E-state index in [4.69, 9.17) is 10.5 Å². The molecule has 1 aromatic heterocycles. The summed E-state index contributed by atoms with van der Waals surface area (Å²) in [6, 6.07) is 1.72. The summed E-state index contributed by atoms with van der Waals surface area (Å²) in [4.78, 5) is 8.30. The normalized spacial score (nSPS) is 12.2. The number of nitrogens with one attached hydrogen (secondary N) is 1. The lowest BCUT2D eigenvalue weighted by Gasteiger charge is -2.14. The van der Waals surface area contributed by atoms with Crippen LogP contribution in [0.2, 0.25) is 0 Å². The van der Waals surface area contributed by atoms with E-state index >= 15 is 0 Å². The van der Waals surface area contributed by atoms with Gasteiger partial charge in [-0.05, 0) is 18.9 Å². The van der Waals surface area contributed by atoms with E-state index in [-0.39, 0.29) is 0 Å².